The van der Waals surface area contributed by atoms with Gasteiger partial charge in [-0.3, -0.25) is 14.5 Å². The highest BCUT2D eigenvalue weighted by molar-refractivity contribution is 8.00. The van der Waals surface area contributed by atoms with Gasteiger partial charge in [-0.05, 0) is 41.5 Å². The minimum atomic E-state index is -0.984. The Morgan fingerprint density at radius 1 is 1.21 bits per heavy atom. The first kappa shape index (κ1) is 25.8. The number of amides is 1. The van der Waals surface area contributed by atoms with E-state index >= 15 is 0 Å². The Labute approximate surface area is 231 Å². The number of ketones is 1. The zero-order chi connectivity index (χ0) is 26.6. The number of ether oxygens (including phenoxy) is 1. The van der Waals surface area contributed by atoms with Gasteiger partial charge in [-0.1, -0.05) is 77.7 Å². The second kappa shape index (κ2) is 11.3. The summed E-state index contributed by atoms with van der Waals surface area (Å²) in [5.41, 5.74) is 1.36. The maximum atomic E-state index is 13.4. The molecule has 1 N–H and O–H groups in total. The number of hydrogen-bond donors (Lipinski definition) is 1. The molecule has 2 aromatic heterocycles. The highest BCUT2D eigenvalue weighted by atomic mass is 35.5. The van der Waals surface area contributed by atoms with Crippen molar-refractivity contribution in [2.45, 2.75) is 16.1 Å². The molecule has 0 saturated carbocycles. The van der Waals surface area contributed by atoms with Crippen LogP contribution in [-0.4, -0.2) is 33.6 Å². The van der Waals surface area contributed by atoms with E-state index in [2.05, 4.69) is 16.8 Å². The largest absolute Gasteiger partial charge is 0.503 e. The standard InChI is InChI=1S/C27H20ClN3O5S2/c1-2-12-35-18-9-5-8-16(14-18)22-21(23(32)20-11-6-13-36-20)24(33)25(34)31(22)26-29-30-27(38-26)37-15-17-7-3-4-10-19(17)28/h2-11,13-14,22,33H,1,12,15H2. The summed E-state index contributed by atoms with van der Waals surface area (Å²) in [6.45, 7) is 3.93. The van der Waals surface area contributed by atoms with Crippen molar-refractivity contribution in [3.05, 3.63) is 113 Å². The monoisotopic (exact) mass is 565 g/mol. The minimum absolute atomic E-state index is 0.00138. The molecule has 1 amide bonds. The summed E-state index contributed by atoms with van der Waals surface area (Å²) in [7, 11) is 0. The summed E-state index contributed by atoms with van der Waals surface area (Å²) >= 11 is 8.86. The molecular formula is C27H20ClN3O5S2. The zero-order valence-electron chi connectivity index (χ0n) is 19.7. The van der Waals surface area contributed by atoms with Crippen LogP contribution in [0.1, 0.15) is 27.7 Å². The van der Waals surface area contributed by atoms with Gasteiger partial charge in [-0.15, -0.1) is 10.2 Å². The number of benzene rings is 2. The van der Waals surface area contributed by atoms with E-state index in [0.29, 0.717) is 26.4 Å². The van der Waals surface area contributed by atoms with E-state index in [1.807, 2.05) is 24.3 Å². The van der Waals surface area contributed by atoms with Crippen molar-refractivity contribution in [1.82, 2.24) is 10.2 Å². The van der Waals surface area contributed by atoms with Crippen LogP contribution < -0.4 is 9.64 Å². The Kier molecular flexibility index (Phi) is 7.64. The van der Waals surface area contributed by atoms with Crippen molar-refractivity contribution in [2.75, 3.05) is 11.5 Å². The van der Waals surface area contributed by atoms with E-state index in [0.717, 1.165) is 5.56 Å². The Morgan fingerprint density at radius 2 is 2.05 bits per heavy atom. The van der Waals surface area contributed by atoms with Crippen LogP contribution >= 0.6 is 34.7 Å². The molecule has 5 rings (SSSR count). The molecule has 1 atom stereocenters. The first-order valence-corrected chi connectivity index (χ1v) is 13.5. The molecular weight excluding hydrogens is 546 g/mol. The number of rotatable bonds is 10. The number of carbonyl (C=O) groups excluding carboxylic acids is 2. The first-order valence-electron chi connectivity index (χ1n) is 11.4. The van der Waals surface area contributed by atoms with Crippen LogP contribution in [0.2, 0.25) is 5.02 Å². The number of thioether (sulfide) groups is 1. The second-order valence-corrected chi connectivity index (χ2v) is 10.6. The third kappa shape index (κ3) is 5.10. The number of aliphatic hydroxyl groups excluding tert-OH is 1. The Morgan fingerprint density at radius 3 is 2.82 bits per heavy atom. The number of halogens is 1. The van der Waals surface area contributed by atoms with Crippen LogP contribution in [0.15, 0.2) is 99.7 Å². The summed E-state index contributed by atoms with van der Waals surface area (Å²) in [6.07, 6.45) is 2.96. The van der Waals surface area contributed by atoms with Gasteiger partial charge in [0.1, 0.15) is 12.4 Å². The molecule has 1 aliphatic heterocycles. The highest BCUT2D eigenvalue weighted by Gasteiger charge is 2.46. The topological polar surface area (TPSA) is 106 Å². The number of nitrogens with zero attached hydrogens (tertiary/aromatic N) is 3. The van der Waals surface area contributed by atoms with Crippen molar-refractivity contribution >= 4 is 51.5 Å². The Bertz CT molecular complexity index is 1530. The fraction of sp³-hybridized carbons (Fsp3) is 0.111. The number of carbonyl (C=O) groups is 2. The number of anilines is 1. The lowest BCUT2D eigenvalue weighted by Gasteiger charge is -2.24. The highest BCUT2D eigenvalue weighted by Crippen LogP contribution is 2.44. The smallest absolute Gasteiger partial charge is 0.296 e. The maximum Gasteiger partial charge on any atom is 0.296 e. The lowest BCUT2D eigenvalue weighted by atomic mass is 9.95. The van der Waals surface area contributed by atoms with Gasteiger partial charge < -0.3 is 14.3 Å². The van der Waals surface area contributed by atoms with Gasteiger partial charge in [0.25, 0.3) is 5.91 Å². The lowest BCUT2D eigenvalue weighted by Crippen LogP contribution is -2.31. The van der Waals surface area contributed by atoms with E-state index in [4.69, 9.17) is 20.8 Å². The van der Waals surface area contributed by atoms with Gasteiger partial charge in [0.15, 0.2) is 15.9 Å². The average molecular weight is 566 g/mol. The molecule has 0 spiro atoms. The van der Waals surface area contributed by atoms with E-state index in [1.165, 1.54) is 40.3 Å². The van der Waals surface area contributed by atoms with Crippen LogP contribution in [0.5, 0.6) is 5.75 Å². The molecule has 2 aromatic carbocycles. The van der Waals surface area contributed by atoms with Gasteiger partial charge in [0, 0.05) is 10.8 Å². The molecule has 11 heteroatoms. The molecule has 38 heavy (non-hydrogen) atoms. The Balaban J connectivity index is 1.50. The van der Waals surface area contributed by atoms with E-state index in [1.54, 1.807) is 36.4 Å². The molecule has 0 fully saturated rings. The van der Waals surface area contributed by atoms with Crippen LogP contribution in [-0.2, 0) is 10.5 Å². The summed E-state index contributed by atoms with van der Waals surface area (Å²) in [4.78, 5) is 28.0. The van der Waals surface area contributed by atoms with Crippen molar-refractivity contribution in [1.29, 1.82) is 0 Å². The molecule has 1 aliphatic rings. The second-order valence-electron chi connectivity index (χ2n) is 8.05. The first-order chi connectivity index (χ1) is 18.5. The fourth-order valence-corrected chi connectivity index (χ4v) is 6.09. The quantitative estimate of drug-likeness (QED) is 0.102. The number of furan rings is 1. The summed E-state index contributed by atoms with van der Waals surface area (Å²) in [5, 5.41) is 20.2. The molecule has 1 unspecified atom stereocenters. The van der Waals surface area contributed by atoms with Crippen molar-refractivity contribution < 1.29 is 23.8 Å². The van der Waals surface area contributed by atoms with E-state index < -0.39 is 23.5 Å². The van der Waals surface area contributed by atoms with Crippen LogP contribution in [0.4, 0.5) is 5.13 Å². The lowest BCUT2D eigenvalue weighted by molar-refractivity contribution is -0.117. The molecule has 0 radical (unpaired) electrons. The van der Waals surface area contributed by atoms with Gasteiger partial charge >= 0.3 is 0 Å². The van der Waals surface area contributed by atoms with Gasteiger partial charge in [-0.2, -0.15) is 0 Å². The molecule has 8 nitrogen and oxygen atoms in total. The zero-order valence-corrected chi connectivity index (χ0v) is 22.1. The van der Waals surface area contributed by atoms with Gasteiger partial charge in [0.2, 0.25) is 10.9 Å². The number of aromatic nitrogens is 2. The SMILES string of the molecule is C=CCOc1cccc(C2C(C(=O)c3ccco3)=C(O)C(=O)N2c2nnc(SCc3ccccc3Cl)s2)c1. The third-order valence-electron chi connectivity index (χ3n) is 5.65. The van der Waals surface area contributed by atoms with Crippen LogP contribution in [0.25, 0.3) is 0 Å². The van der Waals surface area contributed by atoms with Crippen molar-refractivity contribution in [3.63, 3.8) is 0 Å². The molecule has 0 bridgehead atoms. The molecule has 0 saturated heterocycles. The Hall–Kier alpha value is -3.86. The normalized spacial score (nSPS) is 15.2. The number of aliphatic hydroxyl groups is 1. The fourth-order valence-electron chi connectivity index (χ4n) is 3.93. The molecule has 192 valence electrons. The van der Waals surface area contributed by atoms with Crippen LogP contribution in [0.3, 0.4) is 0 Å². The van der Waals surface area contributed by atoms with Crippen LogP contribution in [0, 0.1) is 0 Å². The predicted octanol–water partition coefficient (Wildman–Crippen LogP) is 6.42. The van der Waals surface area contributed by atoms with E-state index in [9.17, 15) is 14.7 Å². The number of Topliss-reactive ketones (excluding diaryl/α,β-unsaturated/α-hetero) is 1. The molecule has 0 aliphatic carbocycles. The predicted molar refractivity (Wildman–Crippen MR) is 146 cm³/mol. The average Bonchev–Trinajstić information content (AvgIpc) is 3.68. The molecule has 4 aromatic rings. The number of hydrogen-bond acceptors (Lipinski definition) is 9. The summed E-state index contributed by atoms with van der Waals surface area (Å²) < 4.78 is 11.5. The third-order valence-corrected chi connectivity index (χ3v) is 8.12. The van der Waals surface area contributed by atoms with E-state index in [-0.39, 0.29) is 23.1 Å². The summed E-state index contributed by atoms with van der Waals surface area (Å²) in [6, 6.07) is 16.5. The van der Waals surface area contributed by atoms with Crippen molar-refractivity contribution in [2.24, 2.45) is 0 Å². The molecule has 3 heterocycles. The maximum absolute atomic E-state index is 13.4. The summed E-state index contributed by atoms with van der Waals surface area (Å²) in [5.74, 6) is -0.975. The van der Waals surface area contributed by atoms with Crippen molar-refractivity contribution in [3.8, 4) is 5.75 Å². The van der Waals surface area contributed by atoms with Gasteiger partial charge in [-0.25, -0.2) is 0 Å². The van der Waals surface area contributed by atoms with Gasteiger partial charge in [0.05, 0.1) is 17.9 Å². The minimum Gasteiger partial charge on any atom is -0.503 e.